The first-order chi connectivity index (χ1) is 11.2. The minimum Gasteiger partial charge on any atom is -0.480 e. The van der Waals surface area contributed by atoms with Crippen LogP contribution in [0.25, 0.3) is 0 Å². The van der Waals surface area contributed by atoms with E-state index in [2.05, 4.69) is 20.5 Å². The second-order valence-corrected chi connectivity index (χ2v) is 5.32. The molecule has 3 rings (SSSR count). The molecule has 9 heteroatoms. The molecule has 0 spiro atoms. The fourth-order valence-electron chi connectivity index (χ4n) is 2.48. The fourth-order valence-corrected chi connectivity index (χ4v) is 2.48. The van der Waals surface area contributed by atoms with Crippen molar-refractivity contribution >= 4 is 5.91 Å². The Labute approximate surface area is 133 Å². The lowest BCUT2D eigenvalue weighted by atomic mass is 10.1. The molecule has 1 fully saturated rings. The van der Waals surface area contributed by atoms with Gasteiger partial charge < -0.3 is 14.4 Å². The Morgan fingerprint density at radius 2 is 2.04 bits per heavy atom. The van der Waals surface area contributed by atoms with E-state index in [1.807, 2.05) is 0 Å². The van der Waals surface area contributed by atoms with E-state index in [0.29, 0.717) is 30.5 Å². The van der Waals surface area contributed by atoms with Gasteiger partial charge in [-0.25, -0.2) is 0 Å². The molecule has 0 aliphatic carbocycles. The number of rotatable bonds is 4. The fraction of sp³-hybridized carbons (Fsp3) is 0.500. The van der Waals surface area contributed by atoms with Gasteiger partial charge >= 0.3 is 0 Å². The minimum atomic E-state index is -0.132. The van der Waals surface area contributed by atoms with Gasteiger partial charge in [0.25, 0.3) is 5.91 Å². The lowest BCUT2D eigenvalue weighted by molar-refractivity contribution is 0.0520. The van der Waals surface area contributed by atoms with E-state index in [4.69, 9.17) is 9.47 Å². The zero-order valence-electron chi connectivity index (χ0n) is 13.0. The molecular formula is C14H18N6O3. The Morgan fingerprint density at radius 1 is 1.26 bits per heavy atom. The third-order valence-electron chi connectivity index (χ3n) is 3.60. The zero-order chi connectivity index (χ0) is 16.2. The Hall–Kier alpha value is -2.71. The molecule has 0 bridgehead atoms. The summed E-state index contributed by atoms with van der Waals surface area (Å²) in [7, 11) is 3.26. The van der Waals surface area contributed by atoms with E-state index in [0.717, 1.165) is 12.8 Å². The lowest BCUT2D eigenvalue weighted by Gasteiger charge is -2.32. The molecule has 1 unspecified atom stereocenters. The van der Waals surface area contributed by atoms with Gasteiger partial charge in [-0.05, 0) is 12.8 Å². The molecule has 1 atom stereocenters. The molecule has 1 aliphatic heterocycles. The number of piperidine rings is 1. The van der Waals surface area contributed by atoms with Crippen LogP contribution in [0.3, 0.4) is 0 Å². The Kier molecular flexibility index (Phi) is 4.35. The van der Waals surface area contributed by atoms with E-state index < -0.39 is 0 Å². The van der Waals surface area contributed by atoms with Crippen LogP contribution >= 0.6 is 0 Å². The predicted octanol–water partition coefficient (Wildman–Crippen LogP) is 0.297. The summed E-state index contributed by atoms with van der Waals surface area (Å²) in [5.74, 6) is 0.720. The van der Waals surface area contributed by atoms with Crippen LogP contribution < -0.4 is 9.47 Å². The van der Waals surface area contributed by atoms with Gasteiger partial charge in [0.2, 0.25) is 11.8 Å². The van der Waals surface area contributed by atoms with E-state index in [1.165, 1.54) is 11.8 Å². The van der Waals surface area contributed by atoms with Gasteiger partial charge in [0.15, 0.2) is 5.69 Å². The lowest BCUT2D eigenvalue weighted by Crippen LogP contribution is -2.44. The van der Waals surface area contributed by atoms with Crippen molar-refractivity contribution in [3.05, 3.63) is 24.0 Å². The molecular weight excluding hydrogens is 300 g/mol. The van der Waals surface area contributed by atoms with Crippen LogP contribution in [0.4, 0.5) is 0 Å². The van der Waals surface area contributed by atoms with Crippen molar-refractivity contribution in [2.24, 2.45) is 7.05 Å². The van der Waals surface area contributed by atoms with Crippen molar-refractivity contribution in [2.75, 3.05) is 20.2 Å². The summed E-state index contributed by atoms with van der Waals surface area (Å²) in [5, 5.41) is 15.5. The Bertz CT molecular complexity index is 671. The van der Waals surface area contributed by atoms with Crippen molar-refractivity contribution in [1.29, 1.82) is 0 Å². The number of aromatic nitrogens is 5. The molecule has 0 N–H and O–H groups in total. The number of hydrogen-bond acceptors (Lipinski definition) is 7. The number of methoxy groups -OCH3 is 1. The molecule has 2 aromatic rings. The first-order valence-electron chi connectivity index (χ1n) is 7.35. The Balaban J connectivity index is 1.62. The van der Waals surface area contributed by atoms with Crippen LogP contribution in [0.1, 0.15) is 23.3 Å². The topological polar surface area (TPSA) is 95.3 Å². The number of carbonyl (C=O) groups is 1. The number of ether oxygens (including phenoxy) is 2. The number of amides is 1. The quantitative estimate of drug-likeness (QED) is 0.800. The van der Waals surface area contributed by atoms with Gasteiger partial charge in [0, 0.05) is 25.7 Å². The molecule has 9 nitrogen and oxygen atoms in total. The first kappa shape index (κ1) is 15.2. The van der Waals surface area contributed by atoms with E-state index in [-0.39, 0.29) is 12.0 Å². The van der Waals surface area contributed by atoms with Gasteiger partial charge in [-0.3, -0.25) is 9.48 Å². The van der Waals surface area contributed by atoms with Crippen LogP contribution in [0.5, 0.6) is 11.8 Å². The molecule has 1 aliphatic rings. The maximum Gasteiger partial charge on any atom is 0.276 e. The molecule has 2 aromatic heterocycles. The van der Waals surface area contributed by atoms with E-state index in [9.17, 15) is 4.79 Å². The van der Waals surface area contributed by atoms with Gasteiger partial charge in [-0.15, -0.1) is 15.3 Å². The third kappa shape index (κ3) is 3.55. The number of nitrogens with zero attached hydrogens (tertiary/aromatic N) is 6. The van der Waals surface area contributed by atoms with Crippen LogP contribution in [-0.2, 0) is 7.05 Å². The first-order valence-corrected chi connectivity index (χ1v) is 7.35. The summed E-state index contributed by atoms with van der Waals surface area (Å²) in [6.07, 6.45) is 3.21. The van der Waals surface area contributed by atoms with E-state index >= 15 is 0 Å². The molecule has 1 amide bonds. The minimum absolute atomic E-state index is 0.118. The second-order valence-electron chi connectivity index (χ2n) is 5.32. The van der Waals surface area contributed by atoms with Crippen molar-refractivity contribution in [2.45, 2.75) is 18.9 Å². The van der Waals surface area contributed by atoms with Crippen LogP contribution in [0, 0.1) is 0 Å². The average molecular weight is 318 g/mol. The smallest absolute Gasteiger partial charge is 0.276 e. The summed E-state index contributed by atoms with van der Waals surface area (Å²) in [4.78, 5) is 14.1. The van der Waals surface area contributed by atoms with Crippen molar-refractivity contribution in [3.63, 3.8) is 0 Å². The van der Waals surface area contributed by atoms with Gasteiger partial charge in [-0.1, -0.05) is 5.21 Å². The molecule has 122 valence electrons. The van der Waals surface area contributed by atoms with Crippen LogP contribution in [0.15, 0.2) is 18.3 Å². The summed E-state index contributed by atoms with van der Waals surface area (Å²) in [6, 6.07) is 3.39. The summed E-state index contributed by atoms with van der Waals surface area (Å²) >= 11 is 0. The largest absolute Gasteiger partial charge is 0.480 e. The van der Waals surface area contributed by atoms with Crippen molar-refractivity contribution in [1.82, 2.24) is 30.1 Å². The third-order valence-corrected chi connectivity index (χ3v) is 3.60. The van der Waals surface area contributed by atoms with Gasteiger partial charge in [0.1, 0.15) is 6.10 Å². The van der Waals surface area contributed by atoms with Gasteiger partial charge in [0.05, 0.1) is 19.9 Å². The monoisotopic (exact) mass is 318 g/mol. The van der Waals surface area contributed by atoms with Crippen molar-refractivity contribution < 1.29 is 14.3 Å². The molecule has 1 saturated heterocycles. The highest BCUT2D eigenvalue weighted by atomic mass is 16.5. The normalized spacial score (nSPS) is 17.8. The molecule has 23 heavy (non-hydrogen) atoms. The van der Waals surface area contributed by atoms with Crippen LogP contribution in [0.2, 0.25) is 0 Å². The Morgan fingerprint density at radius 3 is 2.70 bits per heavy atom. The summed E-state index contributed by atoms with van der Waals surface area (Å²) in [6.45, 7) is 1.17. The average Bonchev–Trinajstić information content (AvgIpc) is 3.01. The number of likely N-dealkylation sites (tertiary alicyclic amines) is 1. The number of carbonyl (C=O) groups excluding carboxylic acids is 1. The molecule has 0 radical (unpaired) electrons. The van der Waals surface area contributed by atoms with Crippen LogP contribution in [-0.4, -0.2) is 62.3 Å². The molecule has 0 saturated carbocycles. The molecule has 0 aromatic carbocycles. The second kappa shape index (κ2) is 6.59. The van der Waals surface area contributed by atoms with E-state index in [1.54, 1.807) is 30.3 Å². The SMILES string of the molecule is COc1ccc(OC2CCCN(C(=O)c3cn(C)nn3)C2)nn1. The number of hydrogen-bond donors (Lipinski definition) is 0. The standard InChI is InChI=1S/C14H18N6O3/c1-19-9-11(15-18-19)14(21)20-7-3-4-10(8-20)23-13-6-5-12(22-2)16-17-13/h5-6,9-10H,3-4,7-8H2,1-2H3. The maximum absolute atomic E-state index is 12.4. The van der Waals surface area contributed by atoms with Gasteiger partial charge in [-0.2, -0.15) is 0 Å². The highest BCUT2D eigenvalue weighted by Gasteiger charge is 2.27. The summed E-state index contributed by atoms with van der Waals surface area (Å²) in [5.41, 5.74) is 0.345. The number of aryl methyl sites for hydroxylation is 1. The predicted molar refractivity (Wildman–Crippen MR) is 79.1 cm³/mol. The zero-order valence-corrected chi connectivity index (χ0v) is 13.0. The highest BCUT2D eigenvalue weighted by Crippen LogP contribution is 2.18. The maximum atomic E-state index is 12.4. The summed E-state index contributed by atoms with van der Waals surface area (Å²) < 4.78 is 12.3. The molecule has 3 heterocycles. The van der Waals surface area contributed by atoms with Crippen molar-refractivity contribution in [3.8, 4) is 11.8 Å². The highest BCUT2D eigenvalue weighted by molar-refractivity contribution is 5.92.